The lowest BCUT2D eigenvalue weighted by Crippen LogP contribution is -2.42. The van der Waals surface area contributed by atoms with Crippen LogP contribution in [0.3, 0.4) is 0 Å². The van der Waals surface area contributed by atoms with Gasteiger partial charge in [-0.1, -0.05) is 42.5 Å². The summed E-state index contributed by atoms with van der Waals surface area (Å²) < 4.78 is 6.83. The SMILES string of the molecule is COc1ccc(C2(C)NC(=O)N(CC(=O)Nc3cnn(Cc4ccccc4)c3)C2=O)cc1. The number of carbonyl (C=O) groups excluding carboxylic acids is 3. The number of amides is 4. The summed E-state index contributed by atoms with van der Waals surface area (Å²) in [5, 5.41) is 9.61. The van der Waals surface area contributed by atoms with Crippen LogP contribution in [0.4, 0.5) is 10.5 Å². The summed E-state index contributed by atoms with van der Waals surface area (Å²) >= 11 is 0. The number of benzene rings is 2. The molecule has 2 aromatic carbocycles. The van der Waals surface area contributed by atoms with Gasteiger partial charge in [-0.25, -0.2) is 4.79 Å². The molecule has 0 saturated carbocycles. The Morgan fingerprint density at radius 1 is 1.12 bits per heavy atom. The van der Waals surface area contributed by atoms with E-state index in [1.807, 2.05) is 30.3 Å². The van der Waals surface area contributed by atoms with E-state index in [1.165, 1.54) is 6.20 Å². The molecule has 1 aromatic heterocycles. The molecule has 2 heterocycles. The Labute approximate surface area is 185 Å². The molecule has 1 unspecified atom stereocenters. The average molecular weight is 433 g/mol. The van der Waals surface area contributed by atoms with Crippen molar-refractivity contribution in [1.29, 1.82) is 0 Å². The summed E-state index contributed by atoms with van der Waals surface area (Å²) in [5.74, 6) is -0.354. The Kier molecular flexibility index (Phi) is 5.63. The highest BCUT2D eigenvalue weighted by Gasteiger charge is 2.49. The molecule has 0 aliphatic carbocycles. The van der Waals surface area contributed by atoms with E-state index in [0.29, 0.717) is 23.5 Å². The van der Waals surface area contributed by atoms with E-state index in [4.69, 9.17) is 4.74 Å². The van der Waals surface area contributed by atoms with Gasteiger partial charge in [0.15, 0.2) is 0 Å². The van der Waals surface area contributed by atoms with E-state index in [-0.39, 0.29) is 0 Å². The Morgan fingerprint density at radius 2 is 1.84 bits per heavy atom. The topological polar surface area (TPSA) is 106 Å². The molecule has 1 fully saturated rings. The van der Waals surface area contributed by atoms with Gasteiger partial charge < -0.3 is 15.4 Å². The number of imide groups is 1. The molecule has 9 nitrogen and oxygen atoms in total. The molecule has 164 valence electrons. The Balaban J connectivity index is 1.40. The van der Waals surface area contributed by atoms with E-state index >= 15 is 0 Å². The summed E-state index contributed by atoms with van der Waals surface area (Å²) in [5.41, 5.74) is 0.896. The number of urea groups is 1. The van der Waals surface area contributed by atoms with Crippen LogP contribution < -0.4 is 15.4 Å². The van der Waals surface area contributed by atoms with Crippen LogP contribution in [0, 0.1) is 0 Å². The van der Waals surface area contributed by atoms with Crippen LogP contribution in [0.2, 0.25) is 0 Å². The summed E-state index contributed by atoms with van der Waals surface area (Å²) in [7, 11) is 1.55. The van der Waals surface area contributed by atoms with Gasteiger partial charge in [-0.2, -0.15) is 5.10 Å². The molecule has 1 aliphatic rings. The van der Waals surface area contributed by atoms with Gasteiger partial charge in [0.2, 0.25) is 5.91 Å². The Morgan fingerprint density at radius 3 is 2.53 bits per heavy atom. The molecule has 32 heavy (non-hydrogen) atoms. The van der Waals surface area contributed by atoms with Gasteiger partial charge in [-0.3, -0.25) is 19.2 Å². The number of nitrogens with one attached hydrogen (secondary N) is 2. The second-order valence-electron chi connectivity index (χ2n) is 7.64. The zero-order chi connectivity index (χ0) is 22.7. The third kappa shape index (κ3) is 4.18. The standard InChI is InChI=1S/C23H23N5O4/c1-23(17-8-10-19(32-2)11-9-17)21(30)28(22(31)26-23)15-20(29)25-18-12-24-27(14-18)13-16-6-4-3-5-7-16/h3-12,14H,13,15H2,1-2H3,(H,25,29)(H,26,31). The lowest BCUT2D eigenvalue weighted by molar-refractivity contribution is -0.133. The molecule has 4 amide bonds. The van der Waals surface area contributed by atoms with Crippen molar-refractivity contribution in [1.82, 2.24) is 20.0 Å². The molecular formula is C23H23N5O4. The third-order valence-electron chi connectivity index (χ3n) is 5.35. The smallest absolute Gasteiger partial charge is 0.325 e. The van der Waals surface area contributed by atoms with E-state index in [2.05, 4.69) is 15.7 Å². The van der Waals surface area contributed by atoms with Crippen LogP contribution in [0.15, 0.2) is 67.0 Å². The number of nitrogens with zero attached hydrogens (tertiary/aromatic N) is 3. The van der Waals surface area contributed by atoms with Crippen molar-refractivity contribution in [3.8, 4) is 5.75 Å². The van der Waals surface area contributed by atoms with Crippen molar-refractivity contribution < 1.29 is 19.1 Å². The number of rotatable bonds is 7. The fourth-order valence-electron chi connectivity index (χ4n) is 3.59. The number of methoxy groups -OCH3 is 1. The second-order valence-corrected chi connectivity index (χ2v) is 7.64. The maximum Gasteiger partial charge on any atom is 0.325 e. The molecule has 9 heteroatoms. The Bertz CT molecular complexity index is 1140. The van der Waals surface area contributed by atoms with E-state index in [0.717, 1.165) is 10.5 Å². The number of aromatic nitrogens is 2. The lowest BCUT2D eigenvalue weighted by Gasteiger charge is -2.22. The molecule has 1 saturated heterocycles. The molecule has 1 atom stereocenters. The predicted octanol–water partition coefficient (Wildman–Crippen LogP) is 2.35. The number of hydrogen-bond donors (Lipinski definition) is 2. The minimum absolute atomic E-state index is 0.403. The molecule has 0 radical (unpaired) electrons. The number of anilines is 1. The molecular weight excluding hydrogens is 410 g/mol. The van der Waals surface area contributed by atoms with E-state index in [1.54, 1.807) is 49.2 Å². The van der Waals surface area contributed by atoms with E-state index in [9.17, 15) is 14.4 Å². The van der Waals surface area contributed by atoms with Crippen molar-refractivity contribution in [3.05, 3.63) is 78.1 Å². The largest absolute Gasteiger partial charge is 0.497 e. The van der Waals surface area contributed by atoms with Gasteiger partial charge in [0.1, 0.15) is 17.8 Å². The quantitative estimate of drug-likeness (QED) is 0.557. The highest BCUT2D eigenvalue weighted by molar-refractivity contribution is 6.10. The van der Waals surface area contributed by atoms with Crippen LogP contribution in [-0.2, 0) is 21.7 Å². The van der Waals surface area contributed by atoms with Gasteiger partial charge in [0, 0.05) is 6.20 Å². The molecule has 0 spiro atoms. The summed E-state index contributed by atoms with van der Waals surface area (Å²) in [4.78, 5) is 38.9. The fourth-order valence-corrected chi connectivity index (χ4v) is 3.59. The van der Waals surface area contributed by atoms with Gasteiger partial charge >= 0.3 is 6.03 Å². The lowest BCUT2D eigenvalue weighted by atomic mass is 9.92. The van der Waals surface area contributed by atoms with Crippen LogP contribution in [0.1, 0.15) is 18.1 Å². The minimum atomic E-state index is -1.26. The zero-order valence-electron chi connectivity index (χ0n) is 17.7. The van der Waals surface area contributed by atoms with E-state index < -0.39 is 29.9 Å². The van der Waals surface area contributed by atoms with Gasteiger partial charge in [0.25, 0.3) is 5.91 Å². The van der Waals surface area contributed by atoms with Gasteiger partial charge in [-0.15, -0.1) is 0 Å². The first kappa shape index (κ1) is 21.1. The van der Waals surface area contributed by atoms with Gasteiger partial charge in [-0.05, 0) is 30.2 Å². The predicted molar refractivity (Wildman–Crippen MR) is 117 cm³/mol. The Hall–Kier alpha value is -4.14. The van der Waals surface area contributed by atoms with Crippen molar-refractivity contribution in [2.75, 3.05) is 19.0 Å². The molecule has 3 aromatic rings. The third-order valence-corrected chi connectivity index (χ3v) is 5.35. The van der Waals surface area contributed by atoms with Crippen LogP contribution in [0.25, 0.3) is 0 Å². The first-order chi connectivity index (χ1) is 15.4. The maximum absolute atomic E-state index is 13.0. The first-order valence-corrected chi connectivity index (χ1v) is 10.0. The molecule has 1 aliphatic heterocycles. The number of carbonyl (C=O) groups is 3. The van der Waals surface area contributed by atoms with Gasteiger partial charge in [0.05, 0.1) is 25.5 Å². The minimum Gasteiger partial charge on any atom is -0.497 e. The number of hydrogen-bond acceptors (Lipinski definition) is 5. The first-order valence-electron chi connectivity index (χ1n) is 10.0. The molecule has 0 bridgehead atoms. The zero-order valence-corrected chi connectivity index (χ0v) is 17.7. The average Bonchev–Trinajstić information content (AvgIpc) is 3.32. The summed E-state index contributed by atoms with van der Waals surface area (Å²) in [6.45, 7) is 1.77. The highest BCUT2D eigenvalue weighted by Crippen LogP contribution is 2.30. The van der Waals surface area contributed by atoms with Crippen molar-refractivity contribution in [2.45, 2.75) is 19.0 Å². The summed E-state index contributed by atoms with van der Waals surface area (Å²) in [6, 6.07) is 16.0. The second kappa shape index (κ2) is 8.54. The van der Waals surface area contributed by atoms with Crippen molar-refractivity contribution >= 4 is 23.5 Å². The molecule has 2 N–H and O–H groups in total. The van der Waals surface area contributed by atoms with Crippen molar-refractivity contribution in [3.63, 3.8) is 0 Å². The van der Waals surface area contributed by atoms with Crippen molar-refractivity contribution in [2.24, 2.45) is 0 Å². The fraction of sp³-hybridized carbons (Fsp3) is 0.217. The van der Waals surface area contributed by atoms with Crippen LogP contribution >= 0.6 is 0 Å². The maximum atomic E-state index is 13.0. The van der Waals surface area contributed by atoms with Crippen LogP contribution in [0.5, 0.6) is 5.75 Å². The highest BCUT2D eigenvalue weighted by atomic mass is 16.5. The van der Waals surface area contributed by atoms with Crippen LogP contribution in [-0.4, -0.2) is 46.2 Å². The molecule has 4 rings (SSSR count). The monoisotopic (exact) mass is 433 g/mol. The number of ether oxygens (including phenoxy) is 1. The summed E-state index contributed by atoms with van der Waals surface area (Å²) in [6.07, 6.45) is 3.21. The normalized spacial score (nSPS) is 17.9.